The fraction of sp³-hybridized carbons (Fsp3) is 0.381. The van der Waals surface area contributed by atoms with Crippen LogP contribution < -0.4 is 9.64 Å². The van der Waals surface area contributed by atoms with Gasteiger partial charge in [-0.2, -0.15) is 0 Å². The summed E-state index contributed by atoms with van der Waals surface area (Å²) in [4.78, 5) is 14.9. The summed E-state index contributed by atoms with van der Waals surface area (Å²) in [5.74, 6) is 0.765. The van der Waals surface area contributed by atoms with Crippen molar-refractivity contribution in [2.24, 2.45) is 0 Å². The molecule has 25 heavy (non-hydrogen) atoms. The number of ether oxygens (including phenoxy) is 2. The molecule has 4 heteroatoms. The van der Waals surface area contributed by atoms with Gasteiger partial charge in [0.05, 0.1) is 6.10 Å². The van der Waals surface area contributed by atoms with Crippen molar-refractivity contribution in [3.8, 4) is 5.75 Å². The third kappa shape index (κ3) is 3.54. The molecule has 1 amide bonds. The monoisotopic (exact) mass is 337 g/mol. The maximum absolute atomic E-state index is 13.0. The van der Waals surface area contributed by atoms with Crippen LogP contribution in [0.1, 0.15) is 35.2 Å². The molecular formula is C21H23NO3. The van der Waals surface area contributed by atoms with Crippen LogP contribution in [-0.4, -0.2) is 31.8 Å². The molecule has 0 spiro atoms. The average Bonchev–Trinajstić information content (AvgIpc) is 3.19. The molecule has 130 valence electrons. The van der Waals surface area contributed by atoms with E-state index in [4.69, 9.17) is 9.47 Å². The highest BCUT2D eigenvalue weighted by Crippen LogP contribution is 2.28. The number of carbonyl (C=O) groups excluding carboxylic acids is 1. The highest BCUT2D eigenvalue weighted by Gasteiger charge is 2.23. The van der Waals surface area contributed by atoms with Gasteiger partial charge in [0.25, 0.3) is 5.91 Å². The van der Waals surface area contributed by atoms with Gasteiger partial charge < -0.3 is 14.4 Å². The molecule has 4 nitrogen and oxygen atoms in total. The minimum absolute atomic E-state index is 0.0368. The van der Waals surface area contributed by atoms with Crippen molar-refractivity contribution in [1.82, 2.24) is 0 Å². The van der Waals surface area contributed by atoms with Gasteiger partial charge in [-0.25, -0.2) is 0 Å². The molecule has 0 aliphatic carbocycles. The van der Waals surface area contributed by atoms with Crippen molar-refractivity contribution in [3.63, 3.8) is 0 Å². The fourth-order valence-corrected chi connectivity index (χ4v) is 3.58. The molecule has 2 aliphatic heterocycles. The molecule has 2 aliphatic rings. The minimum Gasteiger partial charge on any atom is -0.491 e. The summed E-state index contributed by atoms with van der Waals surface area (Å²) < 4.78 is 11.4. The average molecular weight is 337 g/mol. The lowest BCUT2D eigenvalue weighted by Gasteiger charge is -2.29. The van der Waals surface area contributed by atoms with Crippen molar-refractivity contribution < 1.29 is 14.3 Å². The lowest BCUT2D eigenvalue weighted by atomic mass is 10.0. The summed E-state index contributed by atoms with van der Waals surface area (Å²) in [6, 6.07) is 15.6. The summed E-state index contributed by atoms with van der Waals surface area (Å²) >= 11 is 0. The number of nitrogens with zero attached hydrogens (tertiary/aromatic N) is 1. The molecule has 1 atom stereocenters. The lowest BCUT2D eigenvalue weighted by Crippen LogP contribution is -2.35. The van der Waals surface area contributed by atoms with Gasteiger partial charge in [0.2, 0.25) is 0 Å². The fourth-order valence-electron chi connectivity index (χ4n) is 3.58. The molecule has 0 radical (unpaired) electrons. The first-order chi connectivity index (χ1) is 12.3. The third-order valence-electron chi connectivity index (χ3n) is 4.90. The van der Waals surface area contributed by atoms with E-state index in [9.17, 15) is 4.79 Å². The summed E-state index contributed by atoms with van der Waals surface area (Å²) in [5, 5.41) is 0. The first-order valence-corrected chi connectivity index (χ1v) is 9.05. The van der Waals surface area contributed by atoms with Gasteiger partial charge >= 0.3 is 0 Å². The summed E-state index contributed by atoms with van der Waals surface area (Å²) in [7, 11) is 0. The number of carbonyl (C=O) groups is 1. The van der Waals surface area contributed by atoms with Crippen molar-refractivity contribution >= 4 is 11.6 Å². The third-order valence-corrected chi connectivity index (χ3v) is 4.90. The zero-order valence-corrected chi connectivity index (χ0v) is 14.3. The number of rotatable bonds is 4. The summed E-state index contributed by atoms with van der Waals surface area (Å²) in [6.07, 6.45) is 4.35. The number of aryl methyl sites for hydroxylation is 1. The Bertz CT molecular complexity index is 752. The molecular weight excluding hydrogens is 314 g/mol. The molecule has 4 rings (SSSR count). The maximum atomic E-state index is 13.0. The Morgan fingerprint density at radius 3 is 2.96 bits per heavy atom. The van der Waals surface area contributed by atoms with Crippen molar-refractivity contribution in [2.45, 2.75) is 31.8 Å². The van der Waals surface area contributed by atoms with Crippen molar-refractivity contribution in [3.05, 3.63) is 59.7 Å². The van der Waals surface area contributed by atoms with E-state index < -0.39 is 0 Å². The maximum Gasteiger partial charge on any atom is 0.258 e. The zero-order valence-electron chi connectivity index (χ0n) is 14.3. The van der Waals surface area contributed by atoms with Gasteiger partial charge in [0.1, 0.15) is 12.4 Å². The van der Waals surface area contributed by atoms with Gasteiger partial charge in [-0.1, -0.05) is 24.3 Å². The Labute approximate surface area is 148 Å². The van der Waals surface area contributed by atoms with E-state index >= 15 is 0 Å². The van der Waals surface area contributed by atoms with E-state index in [2.05, 4.69) is 6.07 Å². The quantitative estimate of drug-likeness (QED) is 0.851. The molecule has 1 unspecified atom stereocenters. The summed E-state index contributed by atoms with van der Waals surface area (Å²) in [6.45, 7) is 2.13. The summed E-state index contributed by atoms with van der Waals surface area (Å²) in [5.41, 5.74) is 2.94. The SMILES string of the molecule is O=C(c1cccc(OCC2CCCO2)c1)N1CCCc2ccccc21. The van der Waals surface area contributed by atoms with E-state index in [1.807, 2.05) is 47.4 Å². The smallest absolute Gasteiger partial charge is 0.258 e. The number of anilines is 1. The number of amides is 1. The Kier molecular flexibility index (Phi) is 4.70. The van der Waals surface area contributed by atoms with Crippen molar-refractivity contribution in [1.29, 1.82) is 0 Å². The second-order valence-corrected chi connectivity index (χ2v) is 6.66. The molecule has 2 aromatic carbocycles. The van der Waals surface area contributed by atoms with Crippen LogP contribution in [0.15, 0.2) is 48.5 Å². The first-order valence-electron chi connectivity index (χ1n) is 9.05. The van der Waals surface area contributed by atoms with Crippen LogP contribution in [0.3, 0.4) is 0 Å². The number of hydrogen-bond donors (Lipinski definition) is 0. The number of fused-ring (bicyclic) bond motifs is 1. The van der Waals surface area contributed by atoms with Crippen LogP contribution in [-0.2, 0) is 11.2 Å². The van der Waals surface area contributed by atoms with E-state index in [1.54, 1.807) is 0 Å². The van der Waals surface area contributed by atoms with Crippen molar-refractivity contribution in [2.75, 3.05) is 24.7 Å². The molecule has 2 heterocycles. The first kappa shape index (κ1) is 16.2. The van der Waals surface area contributed by atoms with Crippen LogP contribution in [0.25, 0.3) is 0 Å². The van der Waals surface area contributed by atoms with E-state index in [0.717, 1.165) is 50.3 Å². The molecule has 2 aromatic rings. The predicted molar refractivity (Wildman–Crippen MR) is 97.4 cm³/mol. The van der Waals surface area contributed by atoms with E-state index in [0.29, 0.717) is 12.2 Å². The topological polar surface area (TPSA) is 38.8 Å². The molecule has 1 saturated heterocycles. The largest absolute Gasteiger partial charge is 0.491 e. The second-order valence-electron chi connectivity index (χ2n) is 6.66. The molecule has 1 fully saturated rings. The minimum atomic E-state index is 0.0368. The van der Waals surface area contributed by atoms with Crippen LogP contribution in [0.4, 0.5) is 5.69 Å². The number of para-hydroxylation sites is 1. The Hall–Kier alpha value is -2.33. The number of hydrogen-bond acceptors (Lipinski definition) is 3. The molecule has 0 bridgehead atoms. The second kappa shape index (κ2) is 7.28. The molecule has 0 aromatic heterocycles. The Morgan fingerprint density at radius 2 is 2.08 bits per heavy atom. The normalized spacial score (nSPS) is 19.5. The van der Waals surface area contributed by atoms with Gasteiger partial charge in [-0.05, 0) is 55.5 Å². The van der Waals surface area contributed by atoms with Crippen LogP contribution >= 0.6 is 0 Å². The Balaban J connectivity index is 1.50. The highest BCUT2D eigenvalue weighted by atomic mass is 16.5. The highest BCUT2D eigenvalue weighted by molar-refractivity contribution is 6.07. The Morgan fingerprint density at radius 1 is 1.16 bits per heavy atom. The zero-order chi connectivity index (χ0) is 17.1. The number of benzene rings is 2. The van der Waals surface area contributed by atoms with Gasteiger partial charge in [0.15, 0.2) is 0 Å². The van der Waals surface area contributed by atoms with Crippen LogP contribution in [0.2, 0.25) is 0 Å². The van der Waals surface area contributed by atoms with Gasteiger partial charge in [0, 0.05) is 24.4 Å². The van der Waals surface area contributed by atoms with Gasteiger partial charge in [-0.15, -0.1) is 0 Å². The van der Waals surface area contributed by atoms with Crippen LogP contribution in [0, 0.1) is 0 Å². The van der Waals surface area contributed by atoms with Gasteiger partial charge in [-0.3, -0.25) is 4.79 Å². The lowest BCUT2D eigenvalue weighted by molar-refractivity contribution is 0.0679. The molecule has 0 N–H and O–H groups in total. The molecule has 0 saturated carbocycles. The van der Waals surface area contributed by atoms with Crippen LogP contribution in [0.5, 0.6) is 5.75 Å². The van der Waals surface area contributed by atoms with E-state index in [1.165, 1.54) is 5.56 Å². The standard InChI is InChI=1S/C21H23NO3/c23-21(22-12-4-8-16-6-1-2-11-20(16)22)17-7-3-9-18(14-17)25-15-19-10-5-13-24-19/h1-3,6-7,9,11,14,19H,4-5,8,10,12-13,15H2. The van der Waals surface area contributed by atoms with E-state index in [-0.39, 0.29) is 12.0 Å². The predicted octanol–water partition coefficient (Wildman–Crippen LogP) is 3.84.